The van der Waals surface area contributed by atoms with E-state index in [0.717, 1.165) is 25.7 Å². The second-order valence-corrected chi connectivity index (χ2v) is 22.7. The number of aryl methyl sites for hydroxylation is 6. The molecule has 0 bridgehead atoms. The summed E-state index contributed by atoms with van der Waals surface area (Å²) in [6, 6.07) is 60.4. The Hall–Kier alpha value is -9.92. The van der Waals surface area contributed by atoms with Crippen LogP contribution in [0.5, 0.6) is 0 Å². The molecular formula is C103H152N8+4. The average Bonchev–Trinajstić information content (AvgIpc) is 1.67. The van der Waals surface area contributed by atoms with Crippen molar-refractivity contribution in [3.05, 3.63) is 287 Å². The van der Waals surface area contributed by atoms with E-state index in [2.05, 4.69) is 264 Å². The van der Waals surface area contributed by atoms with Crippen molar-refractivity contribution in [2.75, 3.05) is 0 Å². The number of rotatable bonds is 4. The summed E-state index contributed by atoms with van der Waals surface area (Å²) in [6.45, 7) is 56.8. The summed E-state index contributed by atoms with van der Waals surface area (Å²) in [5, 5.41) is 0. The molecule has 0 radical (unpaired) electrons. The maximum absolute atomic E-state index is 4.53. The average molecular weight is 1500 g/mol. The molecule has 0 N–H and O–H groups in total. The molecule has 0 unspecified atom stereocenters. The van der Waals surface area contributed by atoms with Crippen molar-refractivity contribution in [1.29, 1.82) is 0 Å². The second kappa shape index (κ2) is 58.1. The number of hydrogen-bond donors (Lipinski definition) is 0. The summed E-state index contributed by atoms with van der Waals surface area (Å²) in [4.78, 5) is 18.1. The topological polar surface area (TPSA) is 67.1 Å². The van der Waals surface area contributed by atoms with Gasteiger partial charge in [0, 0.05) is 144 Å². The van der Waals surface area contributed by atoms with Crippen LogP contribution in [0.25, 0.3) is 89.5 Å². The van der Waals surface area contributed by atoms with Gasteiger partial charge in [-0.2, -0.15) is 0 Å². The van der Waals surface area contributed by atoms with E-state index in [-0.39, 0.29) is 22.3 Å². The molecule has 0 aliphatic heterocycles. The summed E-state index contributed by atoms with van der Waals surface area (Å²) < 4.78 is 8.70. The van der Waals surface area contributed by atoms with Crippen LogP contribution < -0.4 is 18.3 Å². The molecule has 12 aromatic rings. The van der Waals surface area contributed by atoms with Crippen molar-refractivity contribution >= 4 is 0 Å². The summed E-state index contributed by atoms with van der Waals surface area (Å²) >= 11 is 0. The Labute approximate surface area is 680 Å². The molecule has 8 heteroatoms. The van der Waals surface area contributed by atoms with Crippen molar-refractivity contribution in [3.8, 4) is 89.5 Å². The third-order valence-corrected chi connectivity index (χ3v) is 17.5. The first-order valence-corrected chi connectivity index (χ1v) is 41.1. The Morgan fingerprint density at radius 3 is 0.919 bits per heavy atom. The third-order valence-electron chi connectivity index (χ3n) is 17.5. The van der Waals surface area contributed by atoms with Gasteiger partial charge in [-0.05, 0) is 167 Å². The van der Waals surface area contributed by atoms with Gasteiger partial charge in [0.15, 0.2) is 24.8 Å². The molecule has 8 aromatic heterocycles. The number of fused-ring (bicyclic) bond motifs is 12. The Morgan fingerprint density at radius 1 is 0.234 bits per heavy atom. The van der Waals surface area contributed by atoms with Crippen LogP contribution >= 0.6 is 0 Å². The molecule has 16 rings (SSSR count). The maximum Gasteiger partial charge on any atom is 0.212 e. The van der Waals surface area contributed by atoms with Gasteiger partial charge in [-0.1, -0.05) is 237 Å². The minimum Gasteiger partial charge on any atom is -0.260 e. The molecule has 600 valence electrons. The summed E-state index contributed by atoms with van der Waals surface area (Å²) in [6.07, 6.45) is 19.7. The van der Waals surface area contributed by atoms with Crippen molar-refractivity contribution in [2.24, 2.45) is 28.2 Å². The summed E-state index contributed by atoms with van der Waals surface area (Å²) in [5.74, 6) is 0. The fourth-order valence-corrected chi connectivity index (χ4v) is 13.1. The molecule has 0 fully saturated rings. The highest BCUT2D eigenvalue weighted by Gasteiger charge is 2.28. The molecular weight excluding hydrogens is 1350 g/mol. The van der Waals surface area contributed by atoms with Crippen LogP contribution in [0.3, 0.4) is 0 Å². The first-order chi connectivity index (χ1) is 53.0. The normalized spacial score (nSPS) is 9.80. The van der Waals surface area contributed by atoms with Crippen molar-refractivity contribution < 1.29 is 18.3 Å². The minimum atomic E-state index is 0. The highest BCUT2D eigenvalue weighted by molar-refractivity contribution is 5.85. The predicted octanol–water partition coefficient (Wildman–Crippen LogP) is 28.0. The van der Waals surface area contributed by atoms with Gasteiger partial charge in [-0.25, -0.2) is 18.3 Å². The Morgan fingerprint density at radius 2 is 0.523 bits per heavy atom. The van der Waals surface area contributed by atoms with Gasteiger partial charge >= 0.3 is 0 Å². The molecule has 111 heavy (non-hydrogen) atoms. The summed E-state index contributed by atoms with van der Waals surface area (Å²) in [5.41, 5.74) is 36.5. The van der Waals surface area contributed by atoms with E-state index in [0.29, 0.717) is 0 Å². The van der Waals surface area contributed by atoms with Crippen molar-refractivity contribution in [3.63, 3.8) is 0 Å². The van der Waals surface area contributed by atoms with Gasteiger partial charge in [-0.15, -0.1) is 0 Å². The van der Waals surface area contributed by atoms with Gasteiger partial charge in [0.2, 0.25) is 22.8 Å². The number of benzene rings is 4. The van der Waals surface area contributed by atoms with Gasteiger partial charge in [-0.3, -0.25) is 19.9 Å². The molecule has 8 heterocycles. The Kier molecular flexibility index (Phi) is 55.1. The van der Waals surface area contributed by atoms with Gasteiger partial charge in [0.05, 0.1) is 22.8 Å². The smallest absolute Gasteiger partial charge is 0.212 e. The molecule has 0 saturated heterocycles. The first kappa shape index (κ1) is 105. The van der Waals surface area contributed by atoms with E-state index in [9.17, 15) is 0 Å². The predicted molar refractivity (Wildman–Crippen MR) is 492 cm³/mol. The zero-order valence-corrected chi connectivity index (χ0v) is 73.2. The maximum atomic E-state index is 4.53. The number of aromatic nitrogens is 8. The second-order valence-electron chi connectivity index (χ2n) is 22.7. The lowest BCUT2D eigenvalue weighted by Crippen LogP contribution is -2.30. The summed E-state index contributed by atoms with van der Waals surface area (Å²) in [7, 11) is 8.38. The molecule has 4 aliphatic carbocycles. The monoisotopic (exact) mass is 1500 g/mol. The van der Waals surface area contributed by atoms with Crippen molar-refractivity contribution in [1.82, 2.24) is 19.9 Å². The van der Waals surface area contributed by atoms with E-state index in [4.69, 9.17) is 0 Å². The van der Waals surface area contributed by atoms with E-state index in [1.807, 2.05) is 215 Å². The highest BCUT2D eigenvalue weighted by Crippen LogP contribution is 2.44. The fourth-order valence-electron chi connectivity index (χ4n) is 13.1. The van der Waals surface area contributed by atoms with Crippen LogP contribution in [-0.2, 0) is 53.9 Å². The molecule has 4 aliphatic rings. The van der Waals surface area contributed by atoms with E-state index in [1.54, 1.807) is 0 Å². The lowest BCUT2D eigenvalue weighted by molar-refractivity contribution is -0.660. The van der Waals surface area contributed by atoms with E-state index in [1.165, 1.54) is 157 Å². The van der Waals surface area contributed by atoms with Crippen LogP contribution in [0.15, 0.2) is 219 Å². The number of hydrogen-bond acceptors (Lipinski definition) is 4. The molecule has 8 nitrogen and oxygen atoms in total. The third kappa shape index (κ3) is 26.1. The molecule has 0 spiro atoms. The molecule has 0 amide bonds. The SMILES string of the molecule is C.C.C.CC.CC.CC.CC.CC.CC.CC.CC.CC.CC.CC.CC.Cc1c(-c2cccc[n+]2C)ccc2c1-c1cccnc1C2.Cc1c(-c2cccc[n+]2C)ccc2c1Cc1ncccc1-2.Cc1cc2c(cc1-c1cccc[n+]1C)-c1cccnc1C2.Cc1cc2c(cc1-c1cccc[n+]1C)Cc1ncccc1-2. The largest absolute Gasteiger partial charge is 0.260 e. The van der Waals surface area contributed by atoms with Gasteiger partial charge < -0.3 is 0 Å². The quantitative estimate of drug-likeness (QED) is 0.165. The molecule has 0 saturated carbocycles. The Balaban J connectivity index is -0.00000127. The van der Waals surface area contributed by atoms with Crippen LogP contribution in [0.4, 0.5) is 0 Å². The van der Waals surface area contributed by atoms with Crippen molar-refractivity contribution in [2.45, 2.75) is 242 Å². The minimum absolute atomic E-state index is 0. The van der Waals surface area contributed by atoms with Gasteiger partial charge in [0.25, 0.3) is 0 Å². The number of nitrogens with zero attached hydrogens (tertiary/aromatic N) is 8. The van der Waals surface area contributed by atoms with E-state index < -0.39 is 0 Å². The standard InChI is InChI=1S/4C19H17N2.12C2H6.3CH4/c1-13-14(19-7-3-4-11-21(19)2)8-9-15-16-6-5-10-20-18(16)12-17(13)15;1-13-15(18-7-3-4-11-21(18)2)9-8-14-12-17-16(19(13)14)6-5-10-20-17;1-13-10-17-14(12-18-15(17)6-5-8-20-18)11-16(13)19-7-3-4-9-21(19)2;1-13-10-14-11-18-15(6-5-8-20-18)17(14)12-16(13)19-7-3-4-9-21(19)2;12*1-2;;;/h3*3-11H,12H2,1-2H3;3-10,12H,11H2,1-2H3;12*1-2H3;3*1H4/q4*+1;;;;;;;;;;;;;;;. The van der Waals surface area contributed by atoms with E-state index >= 15 is 0 Å². The first-order valence-electron chi connectivity index (χ1n) is 41.1. The lowest BCUT2D eigenvalue weighted by atomic mass is 9.94. The van der Waals surface area contributed by atoms with Crippen LogP contribution in [0.1, 0.15) is 256 Å². The lowest BCUT2D eigenvalue weighted by Gasteiger charge is -2.10. The molecule has 4 aromatic carbocycles. The highest BCUT2D eigenvalue weighted by atomic mass is 14.9. The zero-order valence-electron chi connectivity index (χ0n) is 73.2. The Bertz CT molecular complexity index is 4460. The van der Waals surface area contributed by atoms with Crippen LogP contribution in [0, 0.1) is 27.7 Å². The van der Waals surface area contributed by atoms with Gasteiger partial charge in [0.1, 0.15) is 28.2 Å². The fraction of sp³-hybridized carbons (Fsp3) is 0.379. The van der Waals surface area contributed by atoms with Crippen LogP contribution in [-0.4, -0.2) is 19.9 Å². The van der Waals surface area contributed by atoms with Crippen LogP contribution in [0.2, 0.25) is 0 Å². The molecule has 0 atom stereocenters. The zero-order chi connectivity index (χ0) is 81.6. The number of pyridine rings is 8.